The number of ether oxygens (including phenoxy) is 2. The van der Waals surface area contributed by atoms with Gasteiger partial charge in [0.2, 0.25) is 6.29 Å². The Morgan fingerprint density at radius 3 is 2.45 bits per heavy atom. The molecule has 0 aromatic heterocycles. The molecule has 0 spiro atoms. The lowest BCUT2D eigenvalue weighted by molar-refractivity contribution is -0.277. The zero-order valence-corrected chi connectivity index (χ0v) is 12.4. The van der Waals surface area contributed by atoms with Gasteiger partial charge in [0.25, 0.3) is 0 Å². The van der Waals surface area contributed by atoms with E-state index in [0.29, 0.717) is 11.3 Å². The number of anilines is 1. The molecule has 1 aromatic carbocycles. The lowest BCUT2D eigenvalue weighted by Gasteiger charge is -2.39. The molecule has 1 aromatic rings. The summed E-state index contributed by atoms with van der Waals surface area (Å²) in [5, 5.41) is 47.6. The summed E-state index contributed by atoms with van der Waals surface area (Å²) >= 11 is 3.93. The highest BCUT2D eigenvalue weighted by Gasteiger charge is 2.44. The van der Waals surface area contributed by atoms with Crippen LogP contribution in [0.4, 0.5) is 5.69 Å². The molecular weight excluding hydrogens is 314 g/mol. The maximum Gasteiger partial charge on any atom is 0.229 e. The van der Waals surface area contributed by atoms with Crippen molar-refractivity contribution in [3.05, 3.63) is 23.8 Å². The molecule has 0 radical (unpaired) electrons. The fourth-order valence-corrected chi connectivity index (χ4v) is 2.33. The third-order valence-electron chi connectivity index (χ3n) is 3.44. The Morgan fingerprint density at radius 2 is 1.86 bits per heavy atom. The standard InChI is InChI=1S/C13H19NO7S/c15-4-6-1-2-8(7(3-6)14-22)20-13-12(19)11(18)10(17)9(5-16)21-13/h1-3,9-19,22H,4-5H2. The van der Waals surface area contributed by atoms with E-state index in [1.165, 1.54) is 6.07 Å². The van der Waals surface area contributed by atoms with Crippen LogP contribution in [0.2, 0.25) is 0 Å². The van der Waals surface area contributed by atoms with Crippen LogP contribution >= 0.6 is 12.8 Å². The number of aliphatic hydroxyl groups excluding tert-OH is 5. The fourth-order valence-electron chi connectivity index (χ4n) is 2.16. The summed E-state index contributed by atoms with van der Waals surface area (Å²) in [7, 11) is 0. The van der Waals surface area contributed by atoms with Crippen LogP contribution in [0.1, 0.15) is 5.56 Å². The molecule has 2 rings (SSSR count). The normalized spacial score (nSPS) is 31.8. The van der Waals surface area contributed by atoms with Crippen molar-refractivity contribution in [3.63, 3.8) is 0 Å². The third-order valence-corrected chi connectivity index (χ3v) is 3.68. The van der Waals surface area contributed by atoms with Crippen molar-refractivity contribution in [3.8, 4) is 5.75 Å². The second-order valence-electron chi connectivity index (χ2n) is 4.92. The van der Waals surface area contributed by atoms with E-state index in [2.05, 4.69) is 17.5 Å². The van der Waals surface area contributed by atoms with E-state index in [1.54, 1.807) is 12.1 Å². The second-order valence-corrected chi connectivity index (χ2v) is 5.14. The Balaban J connectivity index is 2.18. The summed E-state index contributed by atoms with van der Waals surface area (Å²) in [6.45, 7) is -0.700. The molecule has 9 heteroatoms. The molecule has 8 nitrogen and oxygen atoms in total. The SMILES string of the molecule is OCc1ccc(OC2OC(CO)C(O)C(O)C2O)c(NS)c1. The Kier molecular flexibility index (Phi) is 5.87. The van der Waals surface area contributed by atoms with Gasteiger partial charge in [0.05, 0.1) is 18.9 Å². The molecule has 0 saturated carbocycles. The van der Waals surface area contributed by atoms with E-state index in [-0.39, 0.29) is 12.4 Å². The first-order chi connectivity index (χ1) is 10.5. The molecule has 1 saturated heterocycles. The van der Waals surface area contributed by atoms with Crippen molar-refractivity contribution < 1.29 is 35.0 Å². The van der Waals surface area contributed by atoms with Crippen LogP contribution in [-0.2, 0) is 11.3 Å². The van der Waals surface area contributed by atoms with Gasteiger partial charge >= 0.3 is 0 Å². The summed E-state index contributed by atoms with van der Waals surface area (Å²) in [6, 6.07) is 4.73. The predicted octanol–water partition coefficient (Wildman–Crippen LogP) is -1.39. The Bertz CT molecular complexity index is 501. The van der Waals surface area contributed by atoms with Gasteiger partial charge in [-0.1, -0.05) is 18.9 Å². The largest absolute Gasteiger partial charge is 0.460 e. The molecule has 6 N–H and O–H groups in total. The van der Waals surface area contributed by atoms with Crippen LogP contribution in [0.5, 0.6) is 5.75 Å². The van der Waals surface area contributed by atoms with Gasteiger partial charge in [-0.05, 0) is 17.7 Å². The summed E-state index contributed by atoms with van der Waals surface area (Å²) in [5.41, 5.74) is 1.05. The van der Waals surface area contributed by atoms with E-state index in [4.69, 9.17) is 19.7 Å². The minimum Gasteiger partial charge on any atom is -0.460 e. The Hall–Kier alpha value is -1.07. The van der Waals surface area contributed by atoms with Crippen LogP contribution in [0.25, 0.3) is 0 Å². The van der Waals surface area contributed by atoms with Crippen molar-refractivity contribution in [1.29, 1.82) is 0 Å². The van der Waals surface area contributed by atoms with E-state index in [9.17, 15) is 15.3 Å². The topological polar surface area (TPSA) is 132 Å². The monoisotopic (exact) mass is 333 g/mol. The summed E-state index contributed by atoms with van der Waals surface area (Å²) in [5.74, 6) is 0.261. The first-order valence-electron chi connectivity index (χ1n) is 6.63. The highest BCUT2D eigenvalue weighted by atomic mass is 32.1. The molecule has 1 aliphatic heterocycles. The molecule has 1 heterocycles. The van der Waals surface area contributed by atoms with Crippen molar-refractivity contribution in [1.82, 2.24) is 0 Å². The zero-order valence-electron chi connectivity index (χ0n) is 11.5. The summed E-state index contributed by atoms with van der Waals surface area (Å²) in [6.07, 6.45) is -6.79. The van der Waals surface area contributed by atoms with Crippen LogP contribution < -0.4 is 9.46 Å². The van der Waals surface area contributed by atoms with E-state index in [0.717, 1.165) is 0 Å². The Labute approximate surface area is 132 Å². The fraction of sp³-hybridized carbons (Fsp3) is 0.538. The molecule has 5 unspecified atom stereocenters. The van der Waals surface area contributed by atoms with Crippen LogP contribution in [-0.4, -0.2) is 62.8 Å². The maximum absolute atomic E-state index is 9.93. The van der Waals surface area contributed by atoms with Gasteiger partial charge in [-0.25, -0.2) is 0 Å². The number of benzene rings is 1. The van der Waals surface area contributed by atoms with Crippen molar-refractivity contribution in [2.24, 2.45) is 0 Å². The van der Waals surface area contributed by atoms with E-state index < -0.39 is 37.3 Å². The molecule has 0 aliphatic carbocycles. The van der Waals surface area contributed by atoms with Crippen molar-refractivity contribution in [2.45, 2.75) is 37.3 Å². The van der Waals surface area contributed by atoms with Crippen LogP contribution in [0.3, 0.4) is 0 Å². The van der Waals surface area contributed by atoms with Gasteiger partial charge in [-0.2, -0.15) is 0 Å². The predicted molar refractivity (Wildman–Crippen MR) is 79.4 cm³/mol. The number of rotatable bonds is 5. The molecular formula is C13H19NO7S. The average molecular weight is 333 g/mol. The second kappa shape index (κ2) is 7.47. The zero-order chi connectivity index (χ0) is 16.3. The van der Waals surface area contributed by atoms with Gasteiger partial charge in [0, 0.05) is 0 Å². The maximum atomic E-state index is 9.93. The number of hydrogen-bond acceptors (Lipinski definition) is 9. The molecule has 5 atom stereocenters. The molecule has 0 bridgehead atoms. The van der Waals surface area contributed by atoms with Crippen LogP contribution in [0, 0.1) is 0 Å². The van der Waals surface area contributed by atoms with Crippen molar-refractivity contribution in [2.75, 3.05) is 11.3 Å². The molecule has 22 heavy (non-hydrogen) atoms. The van der Waals surface area contributed by atoms with Gasteiger partial charge in [0.15, 0.2) is 0 Å². The number of hydrogen-bond donors (Lipinski definition) is 7. The lowest BCUT2D eigenvalue weighted by atomic mass is 9.99. The number of aliphatic hydroxyl groups is 5. The van der Waals surface area contributed by atoms with Gasteiger partial charge in [-0.15, -0.1) is 0 Å². The molecule has 0 amide bonds. The first kappa shape index (κ1) is 17.3. The Morgan fingerprint density at radius 1 is 1.14 bits per heavy atom. The minimum atomic E-state index is -1.51. The van der Waals surface area contributed by atoms with E-state index in [1.807, 2.05) is 0 Å². The minimum absolute atomic E-state index is 0.164. The third kappa shape index (κ3) is 3.46. The van der Waals surface area contributed by atoms with E-state index >= 15 is 0 Å². The number of nitrogens with one attached hydrogen (secondary N) is 1. The lowest BCUT2D eigenvalue weighted by Crippen LogP contribution is -2.60. The van der Waals surface area contributed by atoms with Gasteiger partial charge < -0.3 is 39.7 Å². The highest BCUT2D eigenvalue weighted by molar-refractivity contribution is 7.81. The van der Waals surface area contributed by atoms with Gasteiger partial charge in [-0.3, -0.25) is 0 Å². The first-order valence-corrected chi connectivity index (χ1v) is 7.07. The summed E-state index contributed by atoms with van der Waals surface area (Å²) < 4.78 is 13.3. The summed E-state index contributed by atoms with van der Waals surface area (Å²) in [4.78, 5) is 0. The quantitative estimate of drug-likeness (QED) is 0.328. The van der Waals surface area contributed by atoms with Gasteiger partial charge in [0.1, 0.15) is 30.2 Å². The molecule has 1 aliphatic rings. The molecule has 124 valence electrons. The molecule has 1 fully saturated rings. The average Bonchev–Trinajstić information content (AvgIpc) is 2.55. The number of thiol groups is 1. The smallest absolute Gasteiger partial charge is 0.229 e. The van der Waals surface area contributed by atoms with Crippen LogP contribution in [0.15, 0.2) is 18.2 Å². The van der Waals surface area contributed by atoms with Crippen molar-refractivity contribution >= 4 is 18.5 Å². The highest BCUT2D eigenvalue weighted by Crippen LogP contribution is 2.30.